The van der Waals surface area contributed by atoms with Crippen LogP contribution in [0.25, 0.3) is 11.3 Å². The molecule has 0 aliphatic carbocycles. The second-order valence-corrected chi connectivity index (χ2v) is 10.2. The lowest BCUT2D eigenvalue weighted by Crippen LogP contribution is -2.03. The van der Waals surface area contributed by atoms with Gasteiger partial charge in [0.1, 0.15) is 18.2 Å². The third-order valence-electron chi connectivity index (χ3n) is 4.64. The molecule has 4 aromatic rings. The lowest BCUT2D eigenvalue weighted by atomic mass is 10.1. The van der Waals surface area contributed by atoms with E-state index in [1.807, 2.05) is 46.6 Å². The molecule has 36 heavy (non-hydrogen) atoms. The van der Waals surface area contributed by atoms with Crippen LogP contribution in [0.4, 0.5) is 11.6 Å². The Hall–Kier alpha value is -3.57. The van der Waals surface area contributed by atoms with E-state index in [4.69, 9.17) is 19.0 Å². The van der Waals surface area contributed by atoms with Crippen LogP contribution in [-0.4, -0.2) is 34.7 Å². The van der Waals surface area contributed by atoms with Gasteiger partial charge in [-0.3, -0.25) is 10.2 Å². The van der Waals surface area contributed by atoms with E-state index in [1.165, 1.54) is 12.1 Å². The zero-order valence-electron chi connectivity index (χ0n) is 18.4. The van der Waals surface area contributed by atoms with Crippen molar-refractivity contribution in [1.29, 1.82) is 0 Å². The van der Waals surface area contributed by atoms with Crippen LogP contribution in [0, 0.1) is 0 Å². The lowest BCUT2D eigenvalue weighted by Gasteiger charge is -2.13. The van der Waals surface area contributed by atoms with E-state index < -0.39 is 15.5 Å². The zero-order chi connectivity index (χ0) is 25.8. The number of hydrogen-bond acceptors (Lipinski definition) is 7. The molecule has 0 amide bonds. The molecule has 3 heterocycles. The summed E-state index contributed by atoms with van der Waals surface area (Å²) in [5, 5.41) is 7.74. The van der Waals surface area contributed by atoms with Crippen LogP contribution in [0.1, 0.15) is 16.8 Å². The van der Waals surface area contributed by atoms with Gasteiger partial charge < -0.3 is 28.8 Å². The molecule has 0 spiro atoms. The van der Waals surface area contributed by atoms with Crippen LogP contribution in [0.15, 0.2) is 71.4 Å². The first-order valence-electron chi connectivity index (χ1n) is 10.3. The Balaban J connectivity index is 1.48. The molecule has 0 radical (unpaired) electrons. The predicted octanol–water partition coefficient (Wildman–Crippen LogP) is 3.31. The van der Waals surface area contributed by atoms with Crippen LogP contribution in [0.2, 0.25) is 0 Å². The highest BCUT2D eigenvalue weighted by Crippen LogP contribution is 2.41. The minimum absolute atomic E-state index is 0.121. The largest absolute Gasteiger partial charge is 0.473 e. The molecule has 0 fully saturated rings. The van der Waals surface area contributed by atoms with E-state index in [0.717, 1.165) is 11.1 Å². The highest BCUT2D eigenvalue weighted by Gasteiger charge is 2.22. The fourth-order valence-electron chi connectivity index (χ4n) is 3.16. The van der Waals surface area contributed by atoms with Gasteiger partial charge in [0.15, 0.2) is 5.76 Å². The van der Waals surface area contributed by atoms with Gasteiger partial charge in [-0.2, -0.15) is 0 Å². The summed E-state index contributed by atoms with van der Waals surface area (Å²) in [6.07, 6.45) is 1.99. The summed E-state index contributed by atoms with van der Waals surface area (Å²) < 4.78 is 33.7. The van der Waals surface area contributed by atoms with Gasteiger partial charge >= 0.3 is 15.5 Å². The average molecular weight is 533 g/mol. The summed E-state index contributed by atoms with van der Waals surface area (Å²) >= 11 is 0. The molecule has 0 aliphatic heterocycles. The molecule has 0 saturated heterocycles. The molecule has 0 saturated carbocycles. The number of pyridine rings is 2. The van der Waals surface area contributed by atoms with Crippen molar-refractivity contribution in [3.8, 4) is 17.2 Å². The van der Waals surface area contributed by atoms with Crippen molar-refractivity contribution in [2.75, 3.05) is 10.2 Å². The number of rotatable bonds is 10. The Morgan fingerprint density at radius 2 is 1.64 bits per heavy atom. The molecule has 188 valence electrons. The average Bonchev–Trinajstić information content (AvgIpc) is 3.25. The first kappa shape index (κ1) is 25.5. The molecule has 0 aliphatic rings. The lowest BCUT2D eigenvalue weighted by molar-refractivity contribution is 0.294. The van der Waals surface area contributed by atoms with E-state index in [1.54, 1.807) is 18.3 Å². The molecule has 3 aromatic heterocycles. The summed E-state index contributed by atoms with van der Waals surface area (Å²) in [6, 6.07) is 17.3. The fraction of sp³-hybridized carbons (Fsp3) is 0.0952. The Morgan fingerprint density at radius 3 is 2.31 bits per heavy atom. The van der Waals surface area contributed by atoms with E-state index >= 15 is 0 Å². The van der Waals surface area contributed by atoms with Crippen molar-refractivity contribution in [1.82, 2.24) is 15.1 Å². The Labute approximate surface area is 204 Å². The first-order valence-corrected chi connectivity index (χ1v) is 13.5. The SMILES string of the molecule is O=P(O)(O)Nc1ccc(-c2cc(Cc3ccc(OCc4ccccc4)nc3)no2)c(NP(=O)(O)O)n1. The molecule has 13 nitrogen and oxygen atoms in total. The Kier molecular flexibility index (Phi) is 7.51. The van der Waals surface area contributed by atoms with Crippen molar-refractivity contribution in [3.63, 3.8) is 0 Å². The zero-order valence-corrected chi connectivity index (χ0v) is 20.2. The minimum Gasteiger partial charge on any atom is -0.473 e. The number of nitrogens with zero attached hydrogens (tertiary/aromatic N) is 3. The summed E-state index contributed by atoms with van der Waals surface area (Å²) in [5.41, 5.74) is 2.46. The van der Waals surface area contributed by atoms with Gasteiger partial charge in [-0.15, -0.1) is 0 Å². The standard InChI is InChI=1S/C21H21N5O8P2/c27-35(28,29)25-19-8-7-17(21(23-19)26-36(30,31)32)18-11-16(24-34-18)10-15-6-9-20(22-12-15)33-13-14-4-2-1-3-5-14/h1-9,11-12H,10,13H2,(H6,23,25,26,27,28,29,30,31,32). The van der Waals surface area contributed by atoms with Crippen molar-refractivity contribution in [2.45, 2.75) is 13.0 Å². The van der Waals surface area contributed by atoms with Gasteiger partial charge in [-0.25, -0.2) is 19.1 Å². The minimum atomic E-state index is -4.80. The van der Waals surface area contributed by atoms with Gasteiger partial charge in [0, 0.05) is 24.8 Å². The number of nitrogens with one attached hydrogen (secondary N) is 2. The van der Waals surface area contributed by atoms with Crippen molar-refractivity contribution in [3.05, 3.63) is 83.7 Å². The summed E-state index contributed by atoms with van der Waals surface area (Å²) in [6.45, 7) is 0.390. The van der Waals surface area contributed by atoms with Crippen LogP contribution in [0.5, 0.6) is 5.88 Å². The number of benzene rings is 1. The van der Waals surface area contributed by atoms with Crippen LogP contribution in [0.3, 0.4) is 0 Å². The topological polar surface area (TPSA) is 200 Å². The highest BCUT2D eigenvalue weighted by molar-refractivity contribution is 7.53. The van der Waals surface area contributed by atoms with Gasteiger partial charge in [-0.1, -0.05) is 41.6 Å². The fourth-order valence-corrected chi connectivity index (χ4v) is 4.03. The Morgan fingerprint density at radius 1 is 0.889 bits per heavy atom. The number of ether oxygens (including phenoxy) is 1. The maximum atomic E-state index is 11.5. The van der Waals surface area contributed by atoms with Crippen LogP contribution in [-0.2, 0) is 22.2 Å². The molecular formula is C21H21N5O8P2. The van der Waals surface area contributed by atoms with Crippen molar-refractivity contribution < 1.29 is 38.0 Å². The molecule has 1 aromatic carbocycles. The van der Waals surface area contributed by atoms with Gasteiger partial charge in [0.05, 0.1) is 11.3 Å². The van der Waals surface area contributed by atoms with E-state index in [-0.39, 0.29) is 23.0 Å². The number of aromatic nitrogens is 3. The third kappa shape index (κ3) is 7.46. The summed E-state index contributed by atoms with van der Waals surface area (Å²) in [7, 11) is -9.49. The quantitative estimate of drug-likeness (QED) is 0.162. The predicted molar refractivity (Wildman–Crippen MR) is 129 cm³/mol. The number of hydrogen-bond donors (Lipinski definition) is 6. The molecule has 4 rings (SSSR count). The van der Waals surface area contributed by atoms with E-state index in [0.29, 0.717) is 24.6 Å². The monoisotopic (exact) mass is 533 g/mol. The highest BCUT2D eigenvalue weighted by atomic mass is 31.2. The van der Waals surface area contributed by atoms with Crippen molar-refractivity contribution in [2.24, 2.45) is 0 Å². The van der Waals surface area contributed by atoms with Crippen LogP contribution < -0.4 is 14.9 Å². The van der Waals surface area contributed by atoms with Gasteiger partial charge in [0.25, 0.3) is 0 Å². The maximum absolute atomic E-state index is 11.5. The van der Waals surface area contributed by atoms with Crippen LogP contribution >= 0.6 is 15.5 Å². The smallest absolute Gasteiger partial charge is 0.428 e. The first-order chi connectivity index (χ1) is 17.0. The molecule has 0 atom stereocenters. The third-order valence-corrected chi connectivity index (χ3v) is 5.67. The molecule has 15 heteroatoms. The second-order valence-electron chi connectivity index (χ2n) is 7.54. The normalized spacial score (nSPS) is 11.8. The molecule has 6 N–H and O–H groups in total. The summed E-state index contributed by atoms with van der Waals surface area (Å²) in [4.78, 5) is 44.9. The van der Waals surface area contributed by atoms with E-state index in [2.05, 4.69) is 15.1 Å². The van der Waals surface area contributed by atoms with Gasteiger partial charge in [0.2, 0.25) is 5.88 Å². The second kappa shape index (κ2) is 10.6. The maximum Gasteiger partial charge on any atom is 0.428 e. The molecule has 0 unspecified atom stereocenters. The molecular weight excluding hydrogens is 512 g/mol. The summed E-state index contributed by atoms with van der Waals surface area (Å²) in [5.74, 6) is -0.0619. The number of anilines is 2. The molecule has 0 bridgehead atoms. The van der Waals surface area contributed by atoms with Gasteiger partial charge in [-0.05, 0) is 23.3 Å². The van der Waals surface area contributed by atoms with Crippen molar-refractivity contribution >= 4 is 27.1 Å². The Bertz CT molecular complexity index is 1420. The van der Waals surface area contributed by atoms with E-state index in [9.17, 15) is 18.9 Å².